The first-order valence-electron chi connectivity index (χ1n) is 5.19. The SMILES string of the molecule is O=C1C=C(O)c2cc3ccccc3cc2C1=O. The summed E-state index contributed by atoms with van der Waals surface area (Å²) < 4.78 is 0. The summed E-state index contributed by atoms with van der Waals surface area (Å²) in [6.45, 7) is 0. The predicted octanol–water partition coefficient (Wildman–Crippen LogP) is 2.50. The number of Topliss-reactive ketones (excluding diaryl/α,β-unsaturated/α-hetero) is 1. The van der Waals surface area contributed by atoms with Gasteiger partial charge in [-0.05, 0) is 22.9 Å². The van der Waals surface area contributed by atoms with Gasteiger partial charge in [0.2, 0.25) is 11.6 Å². The van der Waals surface area contributed by atoms with Gasteiger partial charge in [-0.2, -0.15) is 0 Å². The molecule has 0 aromatic heterocycles. The molecular weight excluding hydrogens is 216 g/mol. The fourth-order valence-corrected chi connectivity index (χ4v) is 2.04. The van der Waals surface area contributed by atoms with Crippen molar-refractivity contribution in [3.8, 4) is 0 Å². The number of aliphatic hydroxyl groups excluding tert-OH is 1. The van der Waals surface area contributed by atoms with E-state index >= 15 is 0 Å². The summed E-state index contributed by atoms with van der Waals surface area (Å²) >= 11 is 0. The molecule has 0 atom stereocenters. The smallest absolute Gasteiger partial charge is 0.233 e. The summed E-state index contributed by atoms with van der Waals surface area (Å²) in [6, 6.07) is 10.9. The molecule has 3 heteroatoms. The maximum atomic E-state index is 11.7. The van der Waals surface area contributed by atoms with E-state index in [1.54, 1.807) is 12.1 Å². The Morgan fingerprint density at radius 3 is 2.12 bits per heavy atom. The van der Waals surface area contributed by atoms with Crippen molar-refractivity contribution in [2.75, 3.05) is 0 Å². The molecule has 17 heavy (non-hydrogen) atoms. The molecule has 0 aliphatic heterocycles. The lowest BCUT2D eigenvalue weighted by Crippen LogP contribution is -2.18. The highest BCUT2D eigenvalue weighted by atomic mass is 16.3. The van der Waals surface area contributed by atoms with Crippen molar-refractivity contribution in [3.05, 3.63) is 53.6 Å². The highest BCUT2D eigenvalue weighted by Gasteiger charge is 2.25. The average Bonchev–Trinajstić information content (AvgIpc) is 2.34. The lowest BCUT2D eigenvalue weighted by molar-refractivity contribution is -0.111. The Labute approximate surface area is 97.0 Å². The Kier molecular flexibility index (Phi) is 1.89. The van der Waals surface area contributed by atoms with E-state index in [0.717, 1.165) is 16.8 Å². The van der Waals surface area contributed by atoms with Crippen molar-refractivity contribution in [1.29, 1.82) is 0 Å². The number of rotatable bonds is 0. The van der Waals surface area contributed by atoms with Gasteiger partial charge in [0.1, 0.15) is 5.76 Å². The third-order valence-electron chi connectivity index (χ3n) is 2.90. The Hall–Kier alpha value is -2.42. The van der Waals surface area contributed by atoms with E-state index in [1.807, 2.05) is 24.3 Å². The first-order valence-corrected chi connectivity index (χ1v) is 5.19. The van der Waals surface area contributed by atoms with Crippen LogP contribution >= 0.6 is 0 Å². The van der Waals surface area contributed by atoms with E-state index in [-0.39, 0.29) is 11.3 Å². The van der Waals surface area contributed by atoms with E-state index in [2.05, 4.69) is 0 Å². The quantitative estimate of drug-likeness (QED) is 0.699. The molecule has 0 bridgehead atoms. The second-order valence-corrected chi connectivity index (χ2v) is 3.97. The Bertz CT molecular complexity index is 696. The maximum absolute atomic E-state index is 11.7. The number of carbonyl (C=O) groups excluding carboxylic acids is 2. The number of aliphatic hydroxyl groups is 1. The third-order valence-corrected chi connectivity index (χ3v) is 2.90. The minimum absolute atomic E-state index is 0.143. The van der Waals surface area contributed by atoms with Crippen LogP contribution in [0.4, 0.5) is 0 Å². The molecule has 0 unspecified atom stereocenters. The minimum atomic E-state index is -0.676. The second-order valence-electron chi connectivity index (χ2n) is 3.97. The van der Waals surface area contributed by atoms with E-state index < -0.39 is 11.6 Å². The first-order chi connectivity index (χ1) is 8.16. The number of fused-ring (bicyclic) bond motifs is 2. The van der Waals surface area contributed by atoms with Crippen LogP contribution in [0.25, 0.3) is 16.5 Å². The van der Waals surface area contributed by atoms with Gasteiger partial charge in [0.15, 0.2) is 0 Å². The van der Waals surface area contributed by atoms with Crippen molar-refractivity contribution in [2.24, 2.45) is 0 Å². The van der Waals surface area contributed by atoms with Crippen molar-refractivity contribution >= 4 is 28.1 Å². The van der Waals surface area contributed by atoms with E-state index in [1.165, 1.54) is 0 Å². The van der Waals surface area contributed by atoms with Gasteiger partial charge < -0.3 is 5.11 Å². The second kappa shape index (κ2) is 3.28. The summed E-state index contributed by atoms with van der Waals surface area (Å²) in [5.41, 5.74) is 0.696. The van der Waals surface area contributed by atoms with Gasteiger partial charge in [-0.1, -0.05) is 24.3 Å². The van der Waals surface area contributed by atoms with Gasteiger partial charge in [0.25, 0.3) is 0 Å². The van der Waals surface area contributed by atoms with Crippen LogP contribution in [0.3, 0.4) is 0 Å². The van der Waals surface area contributed by atoms with Crippen LogP contribution in [0.5, 0.6) is 0 Å². The molecule has 0 saturated carbocycles. The van der Waals surface area contributed by atoms with Crippen molar-refractivity contribution in [1.82, 2.24) is 0 Å². The zero-order valence-corrected chi connectivity index (χ0v) is 8.81. The molecule has 3 nitrogen and oxygen atoms in total. The fraction of sp³-hybridized carbons (Fsp3) is 0. The molecule has 82 valence electrons. The Morgan fingerprint density at radius 2 is 1.47 bits per heavy atom. The molecular formula is C14H8O3. The van der Waals surface area contributed by atoms with E-state index in [4.69, 9.17) is 0 Å². The van der Waals surface area contributed by atoms with E-state index in [0.29, 0.717) is 5.56 Å². The number of hydrogen-bond acceptors (Lipinski definition) is 3. The lowest BCUT2D eigenvalue weighted by atomic mass is 9.91. The number of benzene rings is 2. The van der Waals surface area contributed by atoms with Crippen LogP contribution in [0.1, 0.15) is 15.9 Å². The molecule has 1 aliphatic carbocycles. The lowest BCUT2D eigenvalue weighted by Gasteiger charge is -2.13. The molecule has 0 spiro atoms. The molecule has 0 heterocycles. The van der Waals surface area contributed by atoms with Crippen molar-refractivity contribution in [3.63, 3.8) is 0 Å². The topological polar surface area (TPSA) is 54.4 Å². The van der Waals surface area contributed by atoms with Crippen LogP contribution in [0.15, 0.2) is 42.5 Å². The molecule has 0 fully saturated rings. The maximum Gasteiger partial charge on any atom is 0.233 e. The largest absolute Gasteiger partial charge is 0.507 e. The number of carbonyl (C=O) groups is 2. The van der Waals surface area contributed by atoms with Crippen LogP contribution < -0.4 is 0 Å². The Balaban J connectivity index is 2.40. The molecule has 2 aromatic rings. The average molecular weight is 224 g/mol. The summed E-state index contributed by atoms with van der Waals surface area (Å²) in [7, 11) is 0. The first kappa shape index (κ1) is 9.78. The van der Waals surface area contributed by atoms with Gasteiger partial charge in [0, 0.05) is 17.2 Å². The number of hydrogen-bond donors (Lipinski definition) is 1. The standard InChI is InChI=1S/C14H8O3/c15-12-7-13(16)14(17)11-6-9-4-2-1-3-8(9)5-10(11)12/h1-7,15H. The van der Waals surface area contributed by atoms with Crippen LogP contribution in [-0.4, -0.2) is 16.7 Å². The summed E-state index contributed by atoms with van der Waals surface area (Å²) in [5.74, 6) is -1.39. The summed E-state index contributed by atoms with van der Waals surface area (Å²) in [5, 5.41) is 11.5. The molecule has 0 radical (unpaired) electrons. The molecule has 0 saturated heterocycles. The molecule has 0 amide bonds. The van der Waals surface area contributed by atoms with Crippen molar-refractivity contribution < 1.29 is 14.7 Å². The molecule has 2 aromatic carbocycles. The zero-order chi connectivity index (χ0) is 12.0. The molecule has 1 aliphatic rings. The van der Waals surface area contributed by atoms with Crippen molar-refractivity contribution in [2.45, 2.75) is 0 Å². The Morgan fingerprint density at radius 1 is 0.882 bits per heavy atom. The third kappa shape index (κ3) is 1.36. The van der Waals surface area contributed by atoms with Gasteiger partial charge >= 0.3 is 0 Å². The number of ketones is 2. The highest BCUT2D eigenvalue weighted by Crippen LogP contribution is 2.28. The molecule has 3 rings (SSSR count). The summed E-state index contributed by atoms with van der Waals surface area (Å²) in [4.78, 5) is 23.0. The van der Waals surface area contributed by atoms with E-state index in [9.17, 15) is 14.7 Å². The number of allylic oxidation sites excluding steroid dienone is 1. The molecule has 1 N–H and O–H groups in total. The van der Waals surface area contributed by atoms with Gasteiger partial charge in [-0.3, -0.25) is 9.59 Å². The fourth-order valence-electron chi connectivity index (χ4n) is 2.04. The van der Waals surface area contributed by atoms with Crippen LogP contribution in [0.2, 0.25) is 0 Å². The van der Waals surface area contributed by atoms with Gasteiger partial charge in [-0.15, -0.1) is 0 Å². The summed E-state index contributed by atoms with van der Waals surface area (Å²) in [6.07, 6.45) is 0.972. The monoisotopic (exact) mass is 224 g/mol. The predicted molar refractivity (Wildman–Crippen MR) is 63.9 cm³/mol. The van der Waals surface area contributed by atoms with Gasteiger partial charge in [0.05, 0.1) is 0 Å². The zero-order valence-electron chi connectivity index (χ0n) is 8.81. The normalized spacial score (nSPS) is 14.7. The van der Waals surface area contributed by atoms with Crippen LogP contribution in [0, 0.1) is 0 Å². The minimum Gasteiger partial charge on any atom is -0.507 e. The highest BCUT2D eigenvalue weighted by molar-refractivity contribution is 6.50. The van der Waals surface area contributed by atoms with Crippen LogP contribution in [-0.2, 0) is 4.79 Å². The van der Waals surface area contributed by atoms with Gasteiger partial charge in [-0.25, -0.2) is 0 Å².